The van der Waals surface area contributed by atoms with E-state index < -0.39 is 17.6 Å². The lowest BCUT2D eigenvalue weighted by molar-refractivity contribution is -0.137. The summed E-state index contributed by atoms with van der Waals surface area (Å²) in [6.45, 7) is 0.274. The molecule has 3 nitrogen and oxygen atoms in total. The fraction of sp³-hybridized carbons (Fsp3) is 0.188. The summed E-state index contributed by atoms with van der Waals surface area (Å²) in [6.07, 6.45) is -4.39. The van der Waals surface area contributed by atoms with Gasteiger partial charge in [-0.15, -0.1) is 0 Å². The smallest absolute Gasteiger partial charge is 0.385 e. The second kappa shape index (κ2) is 7.13. The minimum atomic E-state index is -4.45. The summed E-state index contributed by atoms with van der Waals surface area (Å²) in [5.74, 6) is -0.781. The molecule has 0 aliphatic rings. The number of carbonyl (C=O) groups excluding carboxylic acids is 1. The predicted octanol–water partition coefficient (Wildman–Crippen LogP) is 4.29. The fourth-order valence-corrected chi connectivity index (χ4v) is 1.88. The van der Waals surface area contributed by atoms with Gasteiger partial charge in [0.2, 0.25) is 5.91 Å². The van der Waals surface area contributed by atoms with Gasteiger partial charge in [-0.25, -0.2) is 4.39 Å². The highest BCUT2D eigenvalue weighted by atomic mass is 19.4. The molecule has 0 heterocycles. The lowest BCUT2D eigenvalue weighted by Gasteiger charge is -2.10. The van der Waals surface area contributed by atoms with Crippen LogP contribution in [0.3, 0.4) is 0 Å². The van der Waals surface area contributed by atoms with E-state index in [1.807, 2.05) is 0 Å². The van der Waals surface area contributed by atoms with E-state index in [0.717, 1.165) is 12.1 Å². The van der Waals surface area contributed by atoms with Gasteiger partial charge in [-0.05, 0) is 42.5 Å². The van der Waals surface area contributed by atoms with Crippen LogP contribution in [0.15, 0.2) is 48.5 Å². The van der Waals surface area contributed by atoms with E-state index >= 15 is 0 Å². The summed E-state index contributed by atoms with van der Waals surface area (Å²) in [5.41, 5.74) is -0.0791. The molecule has 23 heavy (non-hydrogen) atoms. The van der Waals surface area contributed by atoms with Crippen molar-refractivity contribution in [3.63, 3.8) is 0 Å². The molecule has 0 aliphatic heterocycles. The molecule has 0 atom stereocenters. The number of hydrogen-bond acceptors (Lipinski definition) is 2. The Morgan fingerprint density at radius 3 is 2.35 bits per heavy atom. The SMILES string of the molecule is O=C(CCNc1ccc(F)cc1)Nc1cccc(C(F)(F)F)c1. The van der Waals surface area contributed by atoms with Gasteiger partial charge in [0, 0.05) is 24.3 Å². The minimum absolute atomic E-state index is 0.0631. The third-order valence-corrected chi connectivity index (χ3v) is 3.00. The van der Waals surface area contributed by atoms with E-state index in [0.29, 0.717) is 5.69 Å². The van der Waals surface area contributed by atoms with E-state index in [1.54, 1.807) is 0 Å². The molecule has 0 unspecified atom stereocenters. The molecule has 0 spiro atoms. The van der Waals surface area contributed by atoms with Crippen LogP contribution in [-0.2, 0) is 11.0 Å². The number of benzene rings is 2. The Bertz CT molecular complexity index is 669. The van der Waals surface area contributed by atoms with E-state index in [2.05, 4.69) is 10.6 Å². The molecule has 1 amide bonds. The van der Waals surface area contributed by atoms with Crippen LogP contribution in [0.4, 0.5) is 28.9 Å². The molecule has 2 N–H and O–H groups in total. The minimum Gasteiger partial charge on any atom is -0.385 e. The van der Waals surface area contributed by atoms with Gasteiger partial charge < -0.3 is 10.6 Å². The zero-order valence-electron chi connectivity index (χ0n) is 12.0. The van der Waals surface area contributed by atoms with Crippen molar-refractivity contribution in [1.82, 2.24) is 0 Å². The highest BCUT2D eigenvalue weighted by molar-refractivity contribution is 5.91. The lowest BCUT2D eigenvalue weighted by atomic mass is 10.2. The molecule has 0 saturated heterocycles. The molecule has 0 fully saturated rings. The molecular formula is C16H14F4N2O. The van der Waals surface area contributed by atoms with Gasteiger partial charge in [-0.3, -0.25) is 4.79 Å². The number of hydrogen-bond donors (Lipinski definition) is 2. The highest BCUT2D eigenvalue weighted by Gasteiger charge is 2.30. The molecule has 0 aromatic heterocycles. The summed E-state index contributed by atoms with van der Waals surface area (Å²) in [7, 11) is 0. The maximum atomic E-state index is 12.7. The number of nitrogens with one attached hydrogen (secondary N) is 2. The van der Waals surface area contributed by atoms with Crippen molar-refractivity contribution < 1.29 is 22.4 Å². The number of halogens is 4. The Morgan fingerprint density at radius 1 is 1.00 bits per heavy atom. The van der Waals surface area contributed by atoms with Crippen molar-refractivity contribution in [2.24, 2.45) is 0 Å². The largest absolute Gasteiger partial charge is 0.416 e. The predicted molar refractivity (Wildman–Crippen MR) is 79.6 cm³/mol. The molecule has 0 radical (unpaired) electrons. The van der Waals surface area contributed by atoms with Crippen molar-refractivity contribution >= 4 is 17.3 Å². The van der Waals surface area contributed by atoms with Crippen LogP contribution in [0.1, 0.15) is 12.0 Å². The topological polar surface area (TPSA) is 41.1 Å². The summed E-state index contributed by atoms with van der Waals surface area (Å²) in [5, 5.41) is 5.33. The van der Waals surface area contributed by atoms with Crippen molar-refractivity contribution in [3.8, 4) is 0 Å². The molecule has 122 valence electrons. The van der Waals surface area contributed by atoms with Crippen LogP contribution >= 0.6 is 0 Å². The maximum Gasteiger partial charge on any atom is 0.416 e. The zero-order chi connectivity index (χ0) is 16.9. The van der Waals surface area contributed by atoms with Crippen LogP contribution in [0.25, 0.3) is 0 Å². The molecule has 0 aliphatic carbocycles. The molecule has 2 aromatic rings. The van der Waals surface area contributed by atoms with Gasteiger partial charge in [0.15, 0.2) is 0 Å². The Balaban J connectivity index is 1.84. The van der Waals surface area contributed by atoms with Gasteiger partial charge >= 0.3 is 6.18 Å². The van der Waals surface area contributed by atoms with Crippen molar-refractivity contribution in [2.75, 3.05) is 17.2 Å². The Labute approximate surface area is 130 Å². The van der Waals surface area contributed by atoms with Crippen molar-refractivity contribution in [2.45, 2.75) is 12.6 Å². The highest BCUT2D eigenvalue weighted by Crippen LogP contribution is 2.30. The third-order valence-electron chi connectivity index (χ3n) is 3.00. The van der Waals surface area contributed by atoms with Gasteiger partial charge in [-0.1, -0.05) is 6.07 Å². The standard InChI is InChI=1S/C16H14F4N2O/c17-12-4-6-13(7-5-12)21-9-8-15(23)22-14-3-1-2-11(10-14)16(18,19)20/h1-7,10,21H,8-9H2,(H,22,23). The molecule has 7 heteroatoms. The van der Waals surface area contributed by atoms with Gasteiger partial charge in [0.05, 0.1) is 5.56 Å². The number of rotatable bonds is 5. The second-order valence-corrected chi connectivity index (χ2v) is 4.81. The van der Waals surface area contributed by atoms with Crippen molar-refractivity contribution in [1.29, 1.82) is 0 Å². The Morgan fingerprint density at radius 2 is 1.70 bits per heavy atom. The van der Waals surface area contributed by atoms with Crippen LogP contribution in [-0.4, -0.2) is 12.5 Å². The summed E-state index contributed by atoms with van der Waals surface area (Å²) in [4.78, 5) is 11.7. The van der Waals surface area contributed by atoms with Gasteiger partial charge in [0.25, 0.3) is 0 Å². The normalized spacial score (nSPS) is 11.1. The first-order valence-electron chi connectivity index (χ1n) is 6.81. The number of alkyl halides is 3. The van der Waals surface area contributed by atoms with Crippen LogP contribution in [0.2, 0.25) is 0 Å². The van der Waals surface area contributed by atoms with E-state index in [9.17, 15) is 22.4 Å². The number of amides is 1. The van der Waals surface area contributed by atoms with Crippen LogP contribution in [0, 0.1) is 5.82 Å². The first-order chi connectivity index (χ1) is 10.8. The van der Waals surface area contributed by atoms with E-state index in [-0.39, 0.29) is 24.5 Å². The number of carbonyl (C=O) groups is 1. The quantitative estimate of drug-likeness (QED) is 0.805. The summed E-state index contributed by atoms with van der Waals surface area (Å²) in [6, 6.07) is 10.1. The molecule has 0 saturated carbocycles. The molecule has 2 rings (SSSR count). The molecule has 0 bridgehead atoms. The van der Waals surface area contributed by atoms with Gasteiger partial charge in [-0.2, -0.15) is 13.2 Å². The van der Waals surface area contributed by atoms with Gasteiger partial charge in [0.1, 0.15) is 5.82 Å². The van der Waals surface area contributed by atoms with Crippen LogP contribution in [0.5, 0.6) is 0 Å². The summed E-state index contributed by atoms with van der Waals surface area (Å²) < 4.78 is 50.4. The number of anilines is 2. The van der Waals surface area contributed by atoms with Crippen LogP contribution < -0.4 is 10.6 Å². The molecular weight excluding hydrogens is 312 g/mol. The second-order valence-electron chi connectivity index (χ2n) is 4.81. The fourth-order valence-electron chi connectivity index (χ4n) is 1.88. The first kappa shape index (κ1) is 16.8. The van der Waals surface area contributed by atoms with E-state index in [1.165, 1.54) is 36.4 Å². The maximum absolute atomic E-state index is 12.7. The Kier molecular flexibility index (Phi) is 5.20. The first-order valence-corrected chi connectivity index (χ1v) is 6.81. The van der Waals surface area contributed by atoms with Crippen molar-refractivity contribution in [3.05, 3.63) is 59.9 Å². The lowest BCUT2D eigenvalue weighted by Crippen LogP contribution is -2.16. The molecule has 2 aromatic carbocycles. The average Bonchev–Trinajstić information content (AvgIpc) is 2.49. The Hall–Kier alpha value is -2.57. The average molecular weight is 326 g/mol. The third kappa shape index (κ3) is 5.28. The summed E-state index contributed by atoms with van der Waals surface area (Å²) >= 11 is 0. The zero-order valence-corrected chi connectivity index (χ0v) is 12.0. The monoisotopic (exact) mass is 326 g/mol. The van der Waals surface area contributed by atoms with E-state index in [4.69, 9.17) is 0 Å².